The minimum Gasteiger partial charge on any atom is -0.480 e. The summed E-state index contributed by atoms with van der Waals surface area (Å²) in [6.07, 6.45) is 0. The van der Waals surface area contributed by atoms with Crippen LogP contribution in [0.5, 0.6) is 0 Å². The van der Waals surface area contributed by atoms with Crippen LogP contribution in [-0.2, 0) is 14.6 Å². The third-order valence-corrected chi connectivity index (χ3v) is 5.08. The molecular weight excluding hydrogens is 342 g/mol. The Morgan fingerprint density at radius 2 is 1.87 bits per heavy atom. The molecule has 0 atom stereocenters. The van der Waals surface area contributed by atoms with E-state index in [1.165, 1.54) is 12.1 Å². The Morgan fingerprint density at radius 1 is 1.17 bits per heavy atom. The number of benzene rings is 2. The van der Waals surface area contributed by atoms with Gasteiger partial charge in [-0.2, -0.15) is 0 Å². The molecule has 0 saturated heterocycles. The van der Waals surface area contributed by atoms with E-state index >= 15 is 0 Å². The first-order valence-corrected chi connectivity index (χ1v) is 8.50. The highest BCUT2D eigenvalue weighted by atomic mass is 35.5. The molecule has 0 fully saturated rings. The highest BCUT2D eigenvalue weighted by Crippen LogP contribution is 2.30. The lowest BCUT2D eigenvalue weighted by molar-refractivity contribution is -0.134. The number of halogens is 1. The fourth-order valence-corrected chi connectivity index (χ4v) is 3.35. The number of aromatic nitrogens is 1. The largest absolute Gasteiger partial charge is 0.480 e. The van der Waals surface area contributed by atoms with E-state index in [1.807, 2.05) is 0 Å². The number of carbonyl (C=O) groups is 1. The van der Waals surface area contributed by atoms with Crippen LogP contribution in [0.1, 0.15) is 0 Å². The summed E-state index contributed by atoms with van der Waals surface area (Å²) >= 11 is 5.85. The molecule has 1 N–H and O–H groups in total. The second-order valence-electron chi connectivity index (χ2n) is 4.85. The average Bonchev–Trinajstić information content (AvgIpc) is 2.90. The minimum absolute atomic E-state index is 0.119. The van der Waals surface area contributed by atoms with E-state index in [0.29, 0.717) is 16.1 Å². The van der Waals surface area contributed by atoms with Crippen LogP contribution in [0.15, 0.2) is 51.9 Å². The lowest BCUT2D eigenvalue weighted by Gasteiger charge is -2.01. The molecule has 0 aliphatic heterocycles. The van der Waals surface area contributed by atoms with Crippen LogP contribution in [0.25, 0.3) is 22.2 Å². The first kappa shape index (κ1) is 15.5. The van der Waals surface area contributed by atoms with Gasteiger partial charge in [-0.1, -0.05) is 28.9 Å². The van der Waals surface area contributed by atoms with E-state index < -0.39 is 21.6 Å². The van der Waals surface area contributed by atoms with Gasteiger partial charge in [0.15, 0.2) is 21.2 Å². The number of hydrogen-bond acceptors (Lipinski definition) is 5. The molecule has 2 aromatic carbocycles. The van der Waals surface area contributed by atoms with Gasteiger partial charge in [0.2, 0.25) is 0 Å². The molecule has 0 spiro atoms. The maximum absolute atomic E-state index is 11.9. The molecule has 23 heavy (non-hydrogen) atoms. The molecule has 118 valence electrons. The van der Waals surface area contributed by atoms with Gasteiger partial charge >= 0.3 is 5.97 Å². The Kier molecular flexibility index (Phi) is 3.83. The second kappa shape index (κ2) is 5.68. The number of nitrogens with zero attached hydrogens (tertiary/aromatic N) is 1. The zero-order valence-electron chi connectivity index (χ0n) is 11.6. The van der Waals surface area contributed by atoms with Crippen LogP contribution in [0.2, 0.25) is 5.02 Å². The van der Waals surface area contributed by atoms with E-state index in [0.717, 1.165) is 5.56 Å². The van der Waals surface area contributed by atoms with Crippen molar-refractivity contribution in [2.75, 3.05) is 5.75 Å². The molecule has 0 saturated carbocycles. The number of sulfone groups is 1. The number of aliphatic carboxylic acids is 1. The van der Waals surface area contributed by atoms with Crippen molar-refractivity contribution in [2.45, 2.75) is 4.90 Å². The van der Waals surface area contributed by atoms with Gasteiger partial charge in [0.25, 0.3) is 0 Å². The molecule has 1 aromatic heterocycles. The summed E-state index contributed by atoms with van der Waals surface area (Å²) in [4.78, 5) is 10.5. The molecular formula is C15H10ClNO5S. The van der Waals surface area contributed by atoms with Gasteiger partial charge in [-0.15, -0.1) is 0 Å². The Labute approximate surface area is 136 Å². The Hall–Kier alpha value is -2.38. The van der Waals surface area contributed by atoms with Gasteiger partial charge in [-0.3, -0.25) is 4.79 Å². The molecule has 8 heteroatoms. The van der Waals surface area contributed by atoms with Gasteiger partial charge < -0.3 is 9.63 Å². The van der Waals surface area contributed by atoms with E-state index in [9.17, 15) is 13.2 Å². The highest BCUT2D eigenvalue weighted by Gasteiger charge is 2.21. The smallest absolute Gasteiger partial charge is 0.319 e. The van der Waals surface area contributed by atoms with Crippen molar-refractivity contribution in [1.29, 1.82) is 0 Å². The zero-order chi connectivity index (χ0) is 16.6. The predicted molar refractivity (Wildman–Crippen MR) is 84.1 cm³/mol. The highest BCUT2D eigenvalue weighted by molar-refractivity contribution is 7.92. The van der Waals surface area contributed by atoms with Crippen LogP contribution in [-0.4, -0.2) is 30.4 Å². The standard InChI is InChI=1S/C15H10ClNO5S/c16-10-3-1-9(2-4-10)15-12-6-5-11(7-13(12)22-17-15)23(20,21)8-14(18)19/h1-7H,8H2,(H,18,19). The monoisotopic (exact) mass is 351 g/mol. The van der Waals surface area contributed by atoms with Gasteiger partial charge in [0.1, 0.15) is 5.69 Å². The van der Waals surface area contributed by atoms with Crippen LogP contribution >= 0.6 is 11.6 Å². The summed E-state index contributed by atoms with van der Waals surface area (Å²) in [7, 11) is -3.92. The van der Waals surface area contributed by atoms with E-state index in [2.05, 4.69) is 5.16 Å². The number of hydrogen-bond donors (Lipinski definition) is 1. The Balaban J connectivity index is 2.07. The summed E-state index contributed by atoms with van der Waals surface area (Å²) in [6, 6.07) is 11.1. The number of carboxylic acid groups (broad SMARTS) is 1. The molecule has 0 bridgehead atoms. The normalized spacial score (nSPS) is 11.7. The van der Waals surface area contributed by atoms with Crippen molar-refractivity contribution < 1.29 is 22.8 Å². The van der Waals surface area contributed by atoms with Gasteiger partial charge in [-0.05, 0) is 24.3 Å². The molecule has 0 radical (unpaired) electrons. The van der Waals surface area contributed by atoms with Crippen LogP contribution in [0.3, 0.4) is 0 Å². The topological polar surface area (TPSA) is 97.5 Å². The van der Waals surface area contributed by atoms with Crippen molar-refractivity contribution >= 4 is 38.4 Å². The summed E-state index contributed by atoms with van der Waals surface area (Å²) < 4.78 is 29.1. The third-order valence-electron chi connectivity index (χ3n) is 3.23. The molecule has 0 unspecified atom stereocenters. The molecule has 3 rings (SSSR count). The van der Waals surface area contributed by atoms with Crippen molar-refractivity contribution in [1.82, 2.24) is 5.16 Å². The Morgan fingerprint density at radius 3 is 2.52 bits per heavy atom. The summed E-state index contributed by atoms with van der Waals surface area (Å²) in [5.74, 6) is -2.39. The molecule has 3 aromatic rings. The first-order chi connectivity index (χ1) is 10.9. The second-order valence-corrected chi connectivity index (χ2v) is 7.27. The zero-order valence-corrected chi connectivity index (χ0v) is 13.1. The predicted octanol–water partition coefficient (Wildman–Crippen LogP) is 3.01. The summed E-state index contributed by atoms with van der Waals surface area (Å²) in [5, 5.41) is 13.8. The molecule has 0 aliphatic rings. The van der Waals surface area contributed by atoms with E-state index in [-0.39, 0.29) is 10.5 Å². The lowest BCUT2D eigenvalue weighted by Crippen LogP contribution is -2.15. The summed E-state index contributed by atoms with van der Waals surface area (Å²) in [6.45, 7) is 0. The minimum atomic E-state index is -3.92. The van der Waals surface area contributed by atoms with Crippen LogP contribution in [0, 0.1) is 0 Å². The van der Waals surface area contributed by atoms with Crippen molar-refractivity contribution in [3.63, 3.8) is 0 Å². The maximum Gasteiger partial charge on any atom is 0.319 e. The van der Waals surface area contributed by atoms with Gasteiger partial charge in [-0.25, -0.2) is 8.42 Å². The van der Waals surface area contributed by atoms with E-state index in [1.54, 1.807) is 30.3 Å². The van der Waals surface area contributed by atoms with Crippen molar-refractivity contribution in [3.05, 3.63) is 47.5 Å². The number of rotatable bonds is 4. The van der Waals surface area contributed by atoms with Crippen molar-refractivity contribution in [3.8, 4) is 11.3 Å². The van der Waals surface area contributed by atoms with Crippen molar-refractivity contribution in [2.24, 2.45) is 0 Å². The SMILES string of the molecule is O=C(O)CS(=O)(=O)c1ccc2c(-c3ccc(Cl)cc3)noc2c1. The fourth-order valence-electron chi connectivity index (χ4n) is 2.17. The van der Waals surface area contributed by atoms with Gasteiger partial charge in [0.05, 0.1) is 4.90 Å². The first-order valence-electron chi connectivity index (χ1n) is 6.47. The summed E-state index contributed by atoms with van der Waals surface area (Å²) in [5.41, 5.74) is 1.59. The van der Waals surface area contributed by atoms with Gasteiger partial charge in [0, 0.05) is 22.0 Å². The maximum atomic E-state index is 11.9. The fraction of sp³-hybridized carbons (Fsp3) is 0.0667. The number of fused-ring (bicyclic) bond motifs is 1. The molecule has 1 heterocycles. The molecule has 6 nitrogen and oxygen atoms in total. The van der Waals surface area contributed by atoms with E-state index in [4.69, 9.17) is 21.2 Å². The lowest BCUT2D eigenvalue weighted by atomic mass is 10.1. The average molecular weight is 352 g/mol. The molecule has 0 amide bonds. The Bertz CT molecular complexity index is 992. The van der Waals surface area contributed by atoms with Crippen LogP contribution in [0.4, 0.5) is 0 Å². The quantitative estimate of drug-likeness (QED) is 0.776. The number of carboxylic acids is 1. The third kappa shape index (κ3) is 3.06. The van der Waals surface area contributed by atoms with Crippen LogP contribution < -0.4 is 0 Å². The molecule has 0 aliphatic carbocycles.